The molecule has 0 bridgehead atoms. The number of hydrogen-bond acceptors (Lipinski definition) is 3. The highest BCUT2D eigenvalue weighted by atomic mass is 14.9. The van der Waals surface area contributed by atoms with Gasteiger partial charge in [0.1, 0.15) is 0 Å². The lowest BCUT2D eigenvalue weighted by Crippen LogP contribution is -1.97. The monoisotopic (exact) mass is 661 g/mol. The number of nitrogens with zero attached hydrogens (tertiary/aromatic N) is 3. The van der Waals surface area contributed by atoms with Crippen LogP contribution in [-0.4, -0.2) is 15.0 Å². The van der Waals surface area contributed by atoms with Gasteiger partial charge in [0.2, 0.25) is 0 Å². The van der Waals surface area contributed by atoms with Crippen molar-refractivity contribution < 1.29 is 0 Å². The third-order valence-corrected chi connectivity index (χ3v) is 10.1. The van der Waals surface area contributed by atoms with Gasteiger partial charge in [-0.3, -0.25) is 0 Å². The van der Waals surface area contributed by atoms with Crippen molar-refractivity contribution >= 4 is 43.2 Å². The Morgan fingerprint density at radius 3 is 1.44 bits per heavy atom. The molecular weight excluding hydrogens is 631 g/mol. The fourth-order valence-corrected chi connectivity index (χ4v) is 7.58. The van der Waals surface area contributed by atoms with E-state index in [1.165, 1.54) is 38.1 Å². The van der Waals surface area contributed by atoms with E-state index in [-0.39, 0.29) is 0 Å². The molecule has 10 aromatic rings. The van der Waals surface area contributed by atoms with E-state index in [2.05, 4.69) is 164 Å². The summed E-state index contributed by atoms with van der Waals surface area (Å²) in [5.41, 5.74) is 10.1. The van der Waals surface area contributed by atoms with E-state index in [1.54, 1.807) is 0 Å². The summed E-state index contributed by atoms with van der Waals surface area (Å²) >= 11 is 0. The van der Waals surface area contributed by atoms with E-state index in [0.29, 0.717) is 5.82 Å². The Morgan fingerprint density at radius 1 is 0.269 bits per heavy atom. The standard InChI is InChI=1S/C49H31N3/c1-3-14-32(15-4-1)33-26-28-34(29-27-33)44-31-45(52-49(51-44)35-16-5-2-6-17-35)36-18-13-19-37(30-36)48-47-41-23-10-8-21-39(41)38-20-7-9-22-40(38)46(47)42-24-11-12-25-43(42)50-48/h1-31H. The lowest BCUT2D eigenvalue weighted by Gasteiger charge is -2.16. The Bertz CT molecular complexity index is 2930. The highest BCUT2D eigenvalue weighted by Gasteiger charge is 2.18. The zero-order valence-electron chi connectivity index (χ0n) is 28.2. The Hall–Kier alpha value is -6.97. The van der Waals surface area contributed by atoms with Crippen LogP contribution in [0.4, 0.5) is 0 Å². The van der Waals surface area contributed by atoms with E-state index < -0.39 is 0 Å². The van der Waals surface area contributed by atoms with Crippen molar-refractivity contribution in [2.45, 2.75) is 0 Å². The Balaban J connectivity index is 1.18. The zero-order chi connectivity index (χ0) is 34.4. The molecule has 10 rings (SSSR count). The molecule has 0 atom stereocenters. The molecule has 0 aliphatic carbocycles. The molecule has 0 fully saturated rings. The van der Waals surface area contributed by atoms with E-state index in [9.17, 15) is 0 Å². The normalized spacial score (nSPS) is 11.5. The van der Waals surface area contributed by atoms with Crippen LogP contribution in [0.5, 0.6) is 0 Å². The third-order valence-electron chi connectivity index (χ3n) is 10.1. The predicted molar refractivity (Wildman–Crippen MR) is 217 cm³/mol. The maximum absolute atomic E-state index is 5.40. The summed E-state index contributed by atoms with van der Waals surface area (Å²) in [7, 11) is 0. The average molecular weight is 662 g/mol. The van der Waals surface area contributed by atoms with Crippen molar-refractivity contribution in [1.82, 2.24) is 15.0 Å². The molecule has 0 unspecified atom stereocenters. The SMILES string of the molecule is c1ccc(-c2ccc(-c3cc(-c4cccc(-c5nc6ccccc6c6c7ccccc7c7ccccc7c56)c4)nc(-c4ccccc4)n3)cc2)cc1. The van der Waals surface area contributed by atoms with Gasteiger partial charge in [0.25, 0.3) is 0 Å². The molecule has 2 aromatic heterocycles. The van der Waals surface area contributed by atoms with Crippen LogP contribution >= 0.6 is 0 Å². The number of benzene rings is 8. The van der Waals surface area contributed by atoms with Crippen LogP contribution in [0, 0.1) is 0 Å². The fourth-order valence-electron chi connectivity index (χ4n) is 7.58. The first-order chi connectivity index (χ1) is 25.8. The number of aromatic nitrogens is 3. The van der Waals surface area contributed by atoms with Crippen LogP contribution < -0.4 is 0 Å². The van der Waals surface area contributed by atoms with Crippen LogP contribution in [0.15, 0.2) is 188 Å². The van der Waals surface area contributed by atoms with Crippen LogP contribution in [0.1, 0.15) is 0 Å². The van der Waals surface area contributed by atoms with Gasteiger partial charge >= 0.3 is 0 Å². The molecule has 0 saturated heterocycles. The van der Waals surface area contributed by atoms with Gasteiger partial charge < -0.3 is 0 Å². The van der Waals surface area contributed by atoms with Gasteiger partial charge in [0.15, 0.2) is 5.82 Å². The van der Waals surface area contributed by atoms with Crippen LogP contribution in [-0.2, 0) is 0 Å². The van der Waals surface area contributed by atoms with Gasteiger partial charge in [-0.05, 0) is 50.9 Å². The minimum absolute atomic E-state index is 0.692. The van der Waals surface area contributed by atoms with Gasteiger partial charge in [-0.1, -0.05) is 170 Å². The first-order valence-corrected chi connectivity index (χ1v) is 17.6. The molecule has 0 aliphatic heterocycles. The molecular formula is C49H31N3. The Labute approximate surface area is 301 Å². The first-order valence-electron chi connectivity index (χ1n) is 17.6. The van der Waals surface area contributed by atoms with Crippen molar-refractivity contribution in [3.63, 3.8) is 0 Å². The number of pyridine rings is 1. The quantitative estimate of drug-likeness (QED) is 0.172. The lowest BCUT2D eigenvalue weighted by molar-refractivity contribution is 1.18. The van der Waals surface area contributed by atoms with Gasteiger partial charge in [-0.25, -0.2) is 15.0 Å². The Kier molecular flexibility index (Phi) is 7.14. The molecule has 2 heterocycles. The highest BCUT2D eigenvalue weighted by Crippen LogP contribution is 2.43. The van der Waals surface area contributed by atoms with Crippen LogP contribution in [0.25, 0.3) is 99.5 Å². The van der Waals surface area contributed by atoms with Crippen LogP contribution in [0.3, 0.4) is 0 Å². The van der Waals surface area contributed by atoms with Gasteiger partial charge in [-0.15, -0.1) is 0 Å². The summed E-state index contributed by atoms with van der Waals surface area (Å²) in [5.74, 6) is 0.692. The number of hydrogen-bond donors (Lipinski definition) is 0. The zero-order valence-corrected chi connectivity index (χ0v) is 28.2. The highest BCUT2D eigenvalue weighted by molar-refractivity contribution is 6.33. The largest absolute Gasteiger partial charge is 0.247 e. The molecule has 3 heteroatoms. The molecule has 52 heavy (non-hydrogen) atoms. The summed E-state index contributed by atoms with van der Waals surface area (Å²) in [5, 5.41) is 8.46. The summed E-state index contributed by atoms with van der Waals surface area (Å²) < 4.78 is 0. The second-order valence-electron chi connectivity index (χ2n) is 13.2. The summed E-state index contributed by atoms with van der Waals surface area (Å²) in [6, 6.07) is 66.1. The van der Waals surface area contributed by atoms with Crippen molar-refractivity contribution in [1.29, 1.82) is 0 Å². The second-order valence-corrected chi connectivity index (χ2v) is 13.2. The number of rotatable bonds is 5. The molecule has 3 nitrogen and oxygen atoms in total. The summed E-state index contributed by atoms with van der Waals surface area (Å²) in [4.78, 5) is 15.7. The van der Waals surface area contributed by atoms with Gasteiger partial charge in [0.05, 0.1) is 22.6 Å². The molecule has 242 valence electrons. The fraction of sp³-hybridized carbons (Fsp3) is 0. The van der Waals surface area contributed by atoms with Crippen molar-refractivity contribution in [3.8, 4) is 56.3 Å². The van der Waals surface area contributed by atoms with Gasteiger partial charge in [0, 0.05) is 38.4 Å². The molecule has 0 aliphatic rings. The lowest BCUT2D eigenvalue weighted by atomic mass is 9.89. The van der Waals surface area contributed by atoms with Crippen molar-refractivity contribution in [3.05, 3.63) is 188 Å². The first kappa shape index (κ1) is 29.9. The number of para-hydroxylation sites is 1. The molecule has 0 amide bonds. The minimum atomic E-state index is 0.692. The van der Waals surface area contributed by atoms with E-state index in [0.717, 1.165) is 55.6 Å². The topological polar surface area (TPSA) is 38.7 Å². The van der Waals surface area contributed by atoms with E-state index >= 15 is 0 Å². The number of fused-ring (bicyclic) bond motifs is 8. The molecule has 0 N–H and O–H groups in total. The second kappa shape index (κ2) is 12.4. The Morgan fingerprint density at radius 2 is 0.750 bits per heavy atom. The smallest absolute Gasteiger partial charge is 0.160 e. The third kappa shape index (κ3) is 5.10. The summed E-state index contributed by atoms with van der Waals surface area (Å²) in [6.07, 6.45) is 0. The molecule has 0 saturated carbocycles. The van der Waals surface area contributed by atoms with E-state index in [4.69, 9.17) is 15.0 Å². The summed E-state index contributed by atoms with van der Waals surface area (Å²) in [6.45, 7) is 0. The van der Waals surface area contributed by atoms with E-state index in [1.807, 2.05) is 24.3 Å². The maximum atomic E-state index is 5.40. The van der Waals surface area contributed by atoms with Gasteiger partial charge in [-0.2, -0.15) is 0 Å². The average Bonchev–Trinajstić information content (AvgIpc) is 3.24. The maximum Gasteiger partial charge on any atom is 0.160 e. The van der Waals surface area contributed by atoms with Crippen molar-refractivity contribution in [2.75, 3.05) is 0 Å². The predicted octanol–water partition coefficient (Wildman–Crippen LogP) is 12.8. The van der Waals surface area contributed by atoms with Crippen LogP contribution in [0.2, 0.25) is 0 Å². The minimum Gasteiger partial charge on any atom is -0.247 e. The molecule has 8 aromatic carbocycles. The van der Waals surface area contributed by atoms with Crippen molar-refractivity contribution in [2.24, 2.45) is 0 Å². The molecule has 0 radical (unpaired) electrons. The molecule has 0 spiro atoms.